The van der Waals surface area contributed by atoms with Crippen molar-refractivity contribution in [3.63, 3.8) is 0 Å². The molecule has 0 spiro atoms. The Morgan fingerprint density at radius 2 is 1.45 bits per heavy atom. The molecule has 0 bridgehead atoms. The number of carbonyl (C=O) groups is 2. The number of hydrogen-bond donors (Lipinski definition) is 0. The highest BCUT2D eigenvalue weighted by molar-refractivity contribution is 5.94. The van der Waals surface area contributed by atoms with E-state index >= 15 is 0 Å². The summed E-state index contributed by atoms with van der Waals surface area (Å²) in [5, 5.41) is 0. The van der Waals surface area contributed by atoms with Gasteiger partial charge in [-0.15, -0.1) is 0 Å². The SMILES string of the molecule is Cc1cc(C(=O)N2C[C@@H]3CCCN(C(=O)c4cc(C)nc(C)n4)[C@@H]3C2)nc(C)n1. The minimum Gasteiger partial charge on any atom is -0.335 e. The Hall–Kier alpha value is -2.90. The maximum absolute atomic E-state index is 13.2. The van der Waals surface area contributed by atoms with E-state index in [9.17, 15) is 9.59 Å². The van der Waals surface area contributed by atoms with Crippen LogP contribution in [0.4, 0.5) is 0 Å². The van der Waals surface area contributed by atoms with Gasteiger partial charge in [0.15, 0.2) is 0 Å². The number of likely N-dealkylation sites (tertiary alicyclic amines) is 2. The molecule has 0 unspecified atom stereocenters. The molecular formula is C21H26N6O2. The molecule has 0 aliphatic carbocycles. The molecule has 2 aromatic heterocycles. The largest absolute Gasteiger partial charge is 0.335 e. The van der Waals surface area contributed by atoms with Crippen LogP contribution in [0.15, 0.2) is 12.1 Å². The summed E-state index contributed by atoms with van der Waals surface area (Å²) in [7, 11) is 0. The van der Waals surface area contributed by atoms with Gasteiger partial charge in [-0.1, -0.05) is 0 Å². The van der Waals surface area contributed by atoms with E-state index in [1.807, 2.05) is 23.6 Å². The summed E-state index contributed by atoms with van der Waals surface area (Å²) < 4.78 is 0. The van der Waals surface area contributed by atoms with Crippen LogP contribution in [0.3, 0.4) is 0 Å². The molecule has 8 heteroatoms. The Morgan fingerprint density at radius 3 is 2.03 bits per heavy atom. The first-order chi connectivity index (χ1) is 13.8. The number of fused-ring (bicyclic) bond motifs is 1. The van der Waals surface area contributed by atoms with E-state index in [4.69, 9.17) is 0 Å². The van der Waals surface area contributed by atoms with E-state index < -0.39 is 0 Å². The number of nitrogens with zero attached hydrogens (tertiary/aromatic N) is 6. The highest BCUT2D eigenvalue weighted by Crippen LogP contribution is 2.32. The minimum absolute atomic E-state index is 0.0137. The van der Waals surface area contributed by atoms with E-state index in [1.165, 1.54) is 0 Å². The van der Waals surface area contributed by atoms with Gasteiger partial charge in [0.1, 0.15) is 23.0 Å². The zero-order chi connectivity index (χ0) is 20.7. The maximum Gasteiger partial charge on any atom is 0.272 e. The first kappa shape index (κ1) is 19.4. The molecule has 2 atom stereocenters. The summed E-state index contributed by atoms with van der Waals surface area (Å²) >= 11 is 0. The summed E-state index contributed by atoms with van der Waals surface area (Å²) in [6.07, 6.45) is 1.95. The Morgan fingerprint density at radius 1 is 0.862 bits per heavy atom. The molecule has 4 heterocycles. The van der Waals surface area contributed by atoms with E-state index in [1.54, 1.807) is 26.0 Å². The van der Waals surface area contributed by atoms with Crippen LogP contribution in [0.5, 0.6) is 0 Å². The third-order valence-electron chi connectivity index (χ3n) is 5.70. The summed E-state index contributed by atoms with van der Waals surface area (Å²) in [4.78, 5) is 47.1. The van der Waals surface area contributed by atoms with Gasteiger partial charge in [-0.3, -0.25) is 9.59 Å². The quantitative estimate of drug-likeness (QED) is 0.772. The van der Waals surface area contributed by atoms with Crippen molar-refractivity contribution < 1.29 is 9.59 Å². The highest BCUT2D eigenvalue weighted by Gasteiger charge is 2.43. The highest BCUT2D eigenvalue weighted by atomic mass is 16.2. The van der Waals surface area contributed by atoms with Crippen LogP contribution < -0.4 is 0 Å². The van der Waals surface area contributed by atoms with E-state index in [0.29, 0.717) is 42.7 Å². The van der Waals surface area contributed by atoms with Gasteiger partial charge in [0.05, 0.1) is 6.04 Å². The zero-order valence-corrected chi connectivity index (χ0v) is 17.3. The smallest absolute Gasteiger partial charge is 0.272 e. The summed E-state index contributed by atoms with van der Waals surface area (Å²) in [6, 6.07) is 3.48. The van der Waals surface area contributed by atoms with Gasteiger partial charge in [0, 0.05) is 31.0 Å². The normalized spacial score (nSPS) is 21.2. The number of hydrogen-bond acceptors (Lipinski definition) is 6. The number of aromatic nitrogens is 4. The van der Waals surface area contributed by atoms with Crippen molar-refractivity contribution in [3.8, 4) is 0 Å². The Bertz CT molecular complexity index is 935. The lowest BCUT2D eigenvalue weighted by Gasteiger charge is -2.36. The average Bonchev–Trinajstić information content (AvgIpc) is 3.09. The first-order valence-corrected chi connectivity index (χ1v) is 10.1. The minimum atomic E-state index is -0.0888. The van der Waals surface area contributed by atoms with Crippen LogP contribution >= 0.6 is 0 Å². The molecule has 2 saturated heterocycles. The molecule has 152 valence electrons. The topological polar surface area (TPSA) is 92.2 Å². The van der Waals surface area contributed by atoms with Crippen LogP contribution in [0.1, 0.15) is 56.9 Å². The fourth-order valence-electron chi connectivity index (χ4n) is 4.56. The van der Waals surface area contributed by atoms with Crippen molar-refractivity contribution in [2.45, 2.75) is 46.6 Å². The lowest BCUT2D eigenvalue weighted by molar-refractivity contribution is 0.0558. The lowest BCUT2D eigenvalue weighted by Crippen LogP contribution is -2.48. The van der Waals surface area contributed by atoms with Crippen molar-refractivity contribution in [1.29, 1.82) is 0 Å². The summed E-state index contributed by atoms with van der Waals surface area (Å²) in [5.41, 5.74) is 2.42. The van der Waals surface area contributed by atoms with Gasteiger partial charge in [0.2, 0.25) is 0 Å². The van der Waals surface area contributed by atoms with Crippen molar-refractivity contribution >= 4 is 11.8 Å². The lowest BCUT2D eigenvalue weighted by atomic mass is 9.92. The number of rotatable bonds is 2. The van der Waals surface area contributed by atoms with Crippen molar-refractivity contribution in [2.75, 3.05) is 19.6 Å². The molecule has 2 aliphatic rings. The van der Waals surface area contributed by atoms with Crippen molar-refractivity contribution in [2.24, 2.45) is 5.92 Å². The number of piperidine rings is 1. The van der Waals surface area contributed by atoms with Crippen LogP contribution in [-0.2, 0) is 0 Å². The predicted octanol–water partition coefficient (Wildman–Crippen LogP) is 1.88. The second-order valence-electron chi connectivity index (χ2n) is 8.06. The van der Waals surface area contributed by atoms with Gasteiger partial charge in [-0.05, 0) is 58.6 Å². The third-order valence-corrected chi connectivity index (χ3v) is 5.70. The average molecular weight is 394 g/mol. The van der Waals surface area contributed by atoms with Crippen molar-refractivity contribution in [3.05, 3.63) is 46.6 Å². The number of aryl methyl sites for hydroxylation is 4. The van der Waals surface area contributed by atoms with Crippen LogP contribution in [0, 0.1) is 33.6 Å². The molecule has 2 amide bonds. The standard InChI is InChI=1S/C21H26N6O2/c1-12-8-17(24-14(3)22-12)20(28)26-10-16-6-5-7-27(19(16)11-26)21(29)18-9-13(2)23-15(4)25-18/h8-9,16,19H,5-7,10-11H2,1-4H3/t16-,19+/m0/s1. The van der Waals surface area contributed by atoms with Crippen molar-refractivity contribution in [1.82, 2.24) is 29.7 Å². The van der Waals surface area contributed by atoms with Gasteiger partial charge in [-0.2, -0.15) is 0 Å². The Labute approximate surface area is 170 Å². The molecule has 8 nitrogen and oxygen atoms in total. The molecule has 0 N–H and O–H groups in total. The molecule has 0 aromatic carbocycles. The molecule has 0 saturated carbocycles. The van der Waals surface area contributed by atoms with Gasteiger partial charge in [0.25, 0.3) is 11.8 Å². The molecule has 4 rings (SSSR count). The first-order valence-electron chi connectivity index (χ1n) is 10.1. The van der Waals surface area contributed by atoms with E-state index in [2.05, 4.69) is 19.9 Å². The second kappa shape index (κ2) is 7.50. The van der Waals surface area contributed by atoms with Crippen LogP contribution in [0.25, 0.3) is 0 Å². The predicted molar refractivity (Wildman–Crippen MR) is 106 cm³/mol. The summed E-state index contributed by atoms with van der Waals surface area (Å²) in [6.45, 7) is 9.19. The van der Waals surface area contributed by atoms with E-state index in [-0.39, 0.29) is 23.8 Å². The van der Waals surface area contributed by atoms with E-state index in [0.717, 1.165) is 24.2 Å². The van der Waals surface area contributed by atoms with Gasteiger partial charge < -0.3 is 9.80 Å². The number of amides is 2. The number of carbonyl (C=O) groups excluding carboxylic acids is 2. The zero-order valence-electron chi connectivity index (χ0n) is 17.3. The molecule has 2 fully saturated rings. The van der Waals surface area contributed by atoms with Crippen LogP contribution in [-0.4, -0.2) is 67.2 Å². The van der Waals surface area contributed by atoms with Gasteiger partial charge >= 0.3 is 0 Å². The maximum atomic E-state index is 13.2. The molecule has 0 radical (unpaired) electrons. The van der Waals surface area contributed by atoms with Crippen LogP contribution in [0.2, 0.25) is 0 Å². The third kappa shape index (κ3) is 3.83. The second-order valence-corrected chi connectivity index (χ2v) is 8.06. The molecular weight excluding hydrogens is 368 g/mol. The monoisotopic (exact) mass is 394 g/mol. The Balaban J connectivity index is 1.55. The fourth-order valence-corrected chi connectivity index (χ4v) is 4.56. The fraction of sp³-hybridized carbons (Fsp3) is 0.524. The molecule has 29 heavy (non-hydrogen) atoms. The molecule has 2 aromatic rings. The summed E-state index contributed by atoms with van der Waals surface area (Å²) in [5.74, 6) is 1.31. The Kier molecular flexibility index (Phi) is 5.02. The molecule has 2 aliphatic heterocycles. The van der Waals surface area contributed by atoms with Gasteiger partial charge in [-0.25, -0.2) is 19.9 Å².